The molecular weight excluding hydrogens is 428 g/mol. The Hall–Kier alpha value is -1.46. The Kier molecular flexibility index (Phi) is 4.74. The molecule has 1 aliphatic heterocycles. The molecule has 0 aromatic rings. The number of hydrogen-bond acceptors (Lipinski definition) is 5. The van der Waals surface area contributed by atoms with Gasteiger partial charge >= 0.3 is 5.97 Å². The molecule has 1 heterocycles. The summed E-state index contributed by atoms with van der Waals surface area (Å²) < 4.78 is 12.7. The molecule has 0 aromatic carbocycles. The van der Waals surface area contributed by atoms with E-state index >= 15 is 0 Å². The molecule has 0 aromatic heterocycles. The first-order valence-electron chi connectivity index (χ1n) is 12.0. The van der Waals surface area contributed by atoms with E-state index in [1.807, 2.05) is 13.0 Å². The molecule has 4 fully saturated rings. The van der Waals surface area contributed by atoms with E-state index in [2.05, 4.69) is 26.8 Å². The van der Waals surface area contributed by atoms with Crippen LogP contribution in [0.1, 0.15) is 60.3 Å². The van der Waals surface area contributed by atoms with Crippen molar-refractivity contribution < 1.29 is 23.9 Å². The Morgan fingerprint density at radius 2 is 1.94 bits per heavy atom. The van der Waals surface area contributed by atoms with Crippen molar-refractivity contribution in [2.24, 2.45) is 34.5 Å². The number of halogens is 1. The molecule has 5 aliphatic rings. The molecule has 0 amide bonds. The van der Waals surface area contributed by atoms with Crippen molar-refractivity contribution in [2.75, 3.05) is 5.88 Å². The standard InChI is InChI=1S/C26H33ClO5/c1-6-22(30)32-25(20(29)13-27)15(3)10-18-19-9-14(2)17-11-16(28)7-8-23(17,4)26(19)21(31-26)12-24(18,25)5/h7-8,11,14-15,18-19,21H,6,9-10,12-13H2,1-5H3/t14-,15-,18-,19-,21-,23-,24-,25-,26?/m0/s1. The van der Waals surface area contributed by atoms with Crippen LogP contribution < -0.4 is 0 Å². The van der Waals surface area contributed by atoms with Crippen LogP contribution in [0.3, 0.4) is 0 Å². The molecule has 1 unspecified atom stereocenters. The minimum Gasteiger partial charge on any atom is -0.450 e. The molecule has 0 radical (unpaired) electrons. The number of hydrogen-bond donors (Lipinski definition) is 0. The highest BCUT2D eigenvalue weighted by molar-refractivity contribution is 6.29. The molecule has 1 spiro atoms. The fourth-order valence-electron chi connectivity index (χ4n) is 8.58. The van der Waals surface area contributed by atoms with Gasteiger partial charge < -0.3 is 9.47 Å². The van der Waals surface area contributed by atoms with Gasteiger partial charge in [-0.05, 0) is 56.1 Å². The Morgan fingerprint density at radius 3 is 2.59 bits per heavy atom. The Morgan fingerprint density at radius 1 is 1.22 bits per heavy atom. The topological polar surface area (TPSA) is 73.0 Å². The van der Waals surface area contributed by atoms with E-state index in [4.69, 9.17) is 21.1 Å². The van der Waals surface area contributed by atoms with Crippen molar-refractivity contribution in [1.82, 2.24) is 0 Å². The van der Waals surface area contributed by atoms with Crippen LogP contribution in [-0.4, -0.2) is 40.7 Å². The summed E-state index contributed by atoms with van der Waals surface area (Å²) in [5.41, 5.74) is -1.28. The quantitative estimate of drug-likeness (QED) is 0.353. The second kappa shape index (κ2) is 6.79. The molecule has 5 nitrogen and oxygen atoms in total. The van der Waals surface area contributed by atoms with Gasteiger partial charge in [0.1, 0.15) is 5.60 Å². The average Bonchev–Trinajstić information content (AvgIpc) is 3.43. The van der Waals surface area contributed by atoms with Crippen molar-refractivity contribution >= 4 is 29.1 Å². The zero-order chi connectivity index (χ0) is 23.3. The van der Waals surface area contributed by atoms with Gasteiger partial charge in [-0.1, -0.05) is 39.3 Å². The first-order valence-corrected chi connectivity index (χ1v) is 12.5. The Labute approximate surface area is 194 Å². The van der Waals surface area contributed by atoms with E-state index in [1.54, 1.807) is 13.0 Å². The lowest BCUT2D eigenvalue weighted by atomic mass is 9.45. The molecule has 0 bridgehead atoms. The molecule has 32 heavy (non-hydrogen) atoms. The van der Waals surface area contributed by atoms with Crippen LogP contribution in [0.5, 0.6) is 0 Å². The summed E-state index contributed by atoms with van der Waals surface area (Å²) >= 11 is 6.12. The van der Waals surface area contributed by atoms with E-state index in [-0.39, 0.29) is 70.6 Å². The summed E-state index contributed by atoms with van der Waals surface area (Å²) in [7, 11) is 0. The third-order valence-corrected chi connectivity index (χ3v) is 10.1. The van der Waals surface area contributed by atoms with Crippen molar-refractivity contribution in [3.05, 3.63) is 23.8 Å². The van der Waals surface area contributed by atoms with Gasteiger partial charge in [0.2, 0.25) is 0 Å². The maximum Gasteiger partial charge on any atom is 0.306 e. The monoisotopic (exact) mass is 460 g/mol. The predicted molar refractivity (Wildman–Crippen MR) is 120 cm³/mol. The number of epoxide rings is 1. The van der Waals surface area contributed by atoms with E-state index in [0.717, 1.165) is 12.8 Å². The maximum atomic E-state index is 13.4. The minimum absolute atomic E-state index is 0.0411. The summed E-state index contributed by atoms with van der Waals surface area (Å²) in [5.74, 6) is -0.157. The van der Waals surface area contributed by atoms with Gasteiger partial charge in [0, 0.05) is 23.2 Å². The lowest BCUT2D eigenvalue weighted by molar-refractivity contribution is -0.191. The zero-order valence-corrected chi connectivity index (χ0v) is 20.3. The zero-order valence-electron chi connectivity index (χ0n) is 19.6. The number of ketones is 2. The normalized spacial score (nSPS) is 50.5. The van der Waals surface area contributed by atoms with Crippen LogP contribution in [0.4, 0.5) is 0 Å². The van der Waals surface area contributed by atoms with Gasteiger partial charge in [0.25, 0.3) is 0 Å². The Balaban J connectivity index is 1.62. The second-order valence-corrected chi connectivity index (χ2v) is 11.4. The smallest absolute Gasteiger partial charge is 0.306 e. The highest BCUT2D eigenvalue weighted by atomic mass is 35.5. The largest absolute Gasteiger partial charge is 0.450 e. The van der Waals surface area contributed by atoms with Gasteiger partial charge in [0.15, 0.2) is 17.2 Å². The summed E-state index contributed by atoms with van der Waals surface area (Å²) in [6.45, 7) is 10.3. The third kappa shape index (κ3) is 2.37. The molecule has 1 saturated heterocycles. The maximum absolute atomic E-state index is 13.4. The molecule has 4 aliphatic carbocycles. The molecule has 9 atom stereocenters. The van der Waals surface area contributed by atoms with Crippen LogP contribution >= 0.6 is 11.6 Å². The molecule has 5 rings (SSSR count). The van der Waals surface area contributed by atoms with Crippen LogP contribution in [0.25, 0.3) is 0 Å². The van der Waals surface area contributed by atoms with Gasteiger partial charge in [0.05, 0.1) is 12.0 Å². The van der Waals surface area contributed by atoms with Gasteiger partial charge in [-0.3, -0.25) is 14.4 Å². The Bertz CT molecular complexity index is 969. The van der Waals surface area contributed by atoms with Crippen molar-refractivity contribution in [3.63, 3.8) is 0 Å². The number of carbonyl (C=O) groups excluding carboxylic acids is 3. The minimum atomic E-state index is -1.22. The highest BCUT2D eigenvalue weighted by Crippen LogP contribution is 2.77. The van der Waals surface area contributed by atoms with E-state index in [0.29, 0.717) is 6.42 Å². The van der Waals surface area contributed by atoms with Crippen LogP contribution in [0.15, 0.2) is 23.8 Å². The van der Waals surface area contributed by atoms with Gasteiger partial charge in [-0.2, -0.15) is 0 Å². The number of esters is 1. The molecule has 174 valence electrons. The summed E-state index contributed by atoms with van der Waals surface area (Å²) in [5, 5.41) is 0. The fraction of sp³-hybridized carbons (Fsp3) is 0.731. The summed E-state index contributed by atoms with van der Waals surface area (Å²) in [6, 6.07) is 0. The van der Waals surface area contributed by atoms with Crippen LogP contribution in [0, 0.1) is 34.5 Å². The third-order valence-electron chi connectivity index (χ3n) is 9.90. The van der Waals surface area contributed by atoms with Crippen molar-refractivity contribution in [2.45, 2.75) is 77.6 Å². The number of rotatable bonds is 4. The number of fused-ring (bicyclic) bond motifs is 3. The van der Waals surface area contributed by atoms with Gasteiger partial charge in [-0.25, -0.2) is 0 Å². The van der Waals surface area contributed by atoms with Crippen molar-refractivity contribution in [3.8, 4) is 0 Å². The van der Waals surface area contributed by atoms with Gasteiger partial charge in [-0.15, -0.1) is 11.6 Å². The SMILES string of the molecule is CCC(=O)O[C@]1(C(=O)CCl)[C@@H](C)C[C@H]2[C@@H]3C[C@H](C)C4=CC(=O)C=C[C@]4(C)C34O[C@H]4C[C@@]21C. The number of allylic oxidation sites excluding steroid dienone is 2. The number of alkyl halides is 1. The molecule has 6 heteroatoms. The summed E-state index contributed by atoms with van der Waals surface area (Å²) in [6.07, 6.45) is 8.08. The molecular formula is C26H33ClO5. The lowest BCUT2D eigenvalue weighted by Crippen LogP contribution is -2.64. The number of ether oxygens (including phenoxy) is 2. The van der Waals surface area contributed by atoms with E-state index in [1.165, 1.54) is 5.57 Å². The van der Waals surface area contributed by atoms with Crippen molar-refractivity contribution in [1.29, 1.82) is 0 Å². The average molecular weight is 461 g/mol. The first kappa shape index (κ1) is 22.3. The van der Waals surface area contributed by atoms with E-state index in [9.17, 15) is 14.4 Å². The number of carbonyl (C=O) groups is 3. The summed E-state index contributed by atoms with van der Waals surface area (Å²) in [4.78, 5) is 38.2. The molecule has 3 saturated carbocycles. The second-order valence-electron chi connectivity index (χ2n) is 11.2. The van der Waals surface area contributed by atoms with Crippen LogP contribution in [0.2, 0.25) is 0 Å². The van der Waals surface area contributed by atoms with Crippen LogP contribution in [-0.2, 0) is 23.9 Å². The number of Topliss-reactive ketones (excluding diaryl/α,β-unsaturated/α-hetero) is 1. The van der Waals surface area contributed by atoms with E-state index < -0.39 is 11.0 Å². The predicted octanol–water partition coefficient (Wildman–Crippen LogP) is 4.42. The fourth-order valence-corrected chi connectivity index (χ4v) is 8.77. The molecule has 0 N–H and O–H groups in total. The first-order chi connectivity index (χ1) is 15.0. The lowest BCUT2D eigenvalue weighted by Gasteiger charge is -2.57. The highest BCUT2D eigenvalue weighted by Gasteiger charge is 2.83.